The Balaban J connectivity index is 0.00000147. The molecule has 2 aromatic rings. The summed E-state index contributed by atoms with van der Waals surface area (Å²) in [4.78, 5) is 11.5. The fourth-order valence-electron chi connectivity index (χ4n) is 2.28. The van der Waals surface area contributed by atoms with Gasteiger partial charge in [0, 0.05) is 31.2 Å². The van der Waals surface area contributed by atoms with E-state index in [1.165, 1.54) is 6.42 Å². The second kappa shape index (κ2) is 7.69. The summed E-state index contributed by atoms with van der Waals surface area (Å²) in [5.74, 6) is 0. The first kappa shape index (κ1) is 15.4. The Morgan fingerprint density at radius 3 is 3.05 bits per heavy atom. The van der Waals surface area contributed by atoms with E-state index in [0.717, 1.165) is 49.1 Å². The molecule has 0 bridgehead atoms. The van der Waals surface area contributed by atoms with Gasteiger partial charge in [-0.15, -0.1) is 23.7 Å². The van der Waals surface area contributed by atoms with Crippen LogP contribution >= 0.6 is 23.7 Å². The van der Waals surface area contributed by atoms with Crippen molar-refractivity contribution in [2.75, 3.05) is 26.2 Å². The fourth-order valence-corrected chi connectivity index (χ4v) is 3.06. The van der Waals surface area contributed by atoms with E-state index in [9.17, 15) is 0 Å². The Kier molecular flexibility index (Phi) is 5.91. The maximum absolute atomic E-state index is 4.70. The van der Waals surface area contributed by atoms with Gasteiger partial charge in [0.05, 0.1) is 11.4 Å². The summed E-state index contributed by atoms with van der Waals surface area (Å²) in [7, 11) is 0. The molecule has 0 radical (unpaired) electrons. The molecule has 1 saturated heterocycles. The van der Waals surface area contributed by atoms with Crippen LogP contribution in [-0.4, -0.2) is 41.0 Å². The highest BCUT2D eigenvalue weighted by atomic mass is 35.5. The Labute approximate surface area is 129 Å². The third kappa shape index (κ3) is 3.99. The summed E-state index contributed by atoms with van der Waals surface area (Å²) < 4.78 is 0. The van der Waals surface area contributed by atoms with Crippen molar-refractivity contribution in [3.8, 4) is 10.7 Å². The molecule has 2 aromatic heterocycles. The first-order chi connectivity index (χ1) is 9.42. The molecule has 3 heterocycles. The summed E-state index contributed by atoms with van der Waals surface area (Å²) in [6.07, 6.45) is 3.04. The van der Waals surface area contributed by atoms with Gasteiger partial charge >= 0.3 is 0 Å². The number of hydrogen-bond donors (Lipinski definition) is 1. The normalized spacial score (nSPS) is 16.4. The standard InChI is InChI=1S/C14H18N4S.ClH/c1-2-6-16-13(4-1)14-17-12(11-19-14)10-18-8-3-5-15-7-9-18;/h1-2,4,6,11,15H,3,5,7-10H2;1H. The van der Waals surface area contributed by atoms with E-state index in [4.69, 9.17) is 4.98 Å². The van der Waals surface area contributed by atoms with Gasteiger partial charge in [0.25, 0.3) is 0 Å². The van der Waals surface area contributed by atoms with Gasteiger partial charge in [-0.1, -0.05) is 6.07 Å². The number of thiazole rings is 1. The summed E-state index contributed by atoms with van der Waals surface area (Å²) >= 11 is 1.68. The minimum Gasteiger partial charge on any atom is -0.315 e. The molecule has 6 heteroatoms. The van der Waals surface area contributed by atoms with Crippen molar-refractivity contribution in [3.63, 3.8) is 0 Å². The third-order valence-corrected chi connectivity index (χ3v) is 4.17. The zero-order valence-electron chi connectivity index (χ0n) is 11.3. The predicted molar refractivity (Wildman–Crippen MR) is 85.4 cm³/mol. The maximum atomic E-state index is 4.70. The van der Waals surface area contributed by atoms with E-state index >= 15 is 0 Å². The lowest BCUT2D eigenvalue weighted by Gasteiger charge is -2.17. The van der Waals surface area contributed by atoms with Crippen molar-refractivity contribution in [3.05, 3.63) is 35.5 Å². The van der Waals surface area contributed by atoms with Crippen molar-refractivity contribution < 1.29 is 0 Å². The lowest BCUT2D eigenvalue weighted by atomic mass is 10.3. The Morgan fingerprint density at radius 2 is 2.20 bits per heavy atom. The van der Waals surface area contributed by atoms with Gasteiger partial charge in [0.2, 0.25) is 0 Å². The Hall–Kier alpha value is -1.01. The van der Waals surface area contributed by atoms with Crippen molar-refractivity contribution >= 4 is 23.7 Å². The lowest BCUT2D eigenvalue weighted by Crippen LogP contribution is -2.27. The topological polar surface area (TPSA) is 41.1 Å². The van der Waals surface area contributed by atoms with E-state index in [0.29, 0.717) is 0 Å². The molecule has 0 amide bonds. The molecule has 0 unspecified atom stereocenters. The van der Waals surface area contributed by atoms with Gasteiger partial charge in [-0.3, -0.25) is 9.88 Å². The highest BCUT2D eigenvalue weighted by Crippen LogP contribution is 2.22. The molecule has 3 rings (SSSR count). The van der Waals surface area contributed by atoms with Crippen LogP contribution in [0.5, 0.6) is 0 Å². The van der Waals surface area contributed by atoms with Gasteiger partial charge in [-0.2, -0.15) is 0 Å². The number of rotatable bonds is 3. The molecule has 4 nitrogen and oxygen atoms in total. The summed E-state index contributed by atoms with van der Waals surface area (Å²) in [6, 6.07) is 5.95. The van der Waals surface area contributed by atoms with Crippen LogP contribution in [-0.2, 0) is 6.54 Å². The smallest absolute Gasteiger partial charge is 0.142 e. The lowest BCUT2D eigenvalue weighted by molar-refractivity contribution is 0.281. The first-order valence-corrected chi connectivity index (χ1v) is 7.59. The first-order valence-electron chi connectivity index (χ1n) is 6.71. The monoisotopic (exact) mass is 310 g/mol. The van der Waals surface area contributed by atoms with Crippen LogP contribution < -0.4 is 5.32 Å². The number of nitrogens with zero attached hydrogens (tertiary/aromatic N) is 3. The quantitative estimate of drug-likeness (QED) is 0.945. The van der Waals surface area contributed by atoms with Crippen molar-refractivity contribution in [2.24, 2.45) is 0 Å². The molecule has 0 aliphatic carbocycles. The highest BCUT2D eigenvalue weighted by Gasteiger charge is 2.12. The molecule has 1 N–H and O–H groups in total. The van der Waals surface area contributed by atoms with E-state index in [-0.39, 0.29) is 12.4 Å². The van der Waals surface area contributed by atoms with Gasteiger partial charge in [-0.05, 0) is 31.6 Å². The van der Waals surface area contributed by atoms with Crippen LogP contribution in [0.15, 0.2) is 29.8 Å². The Bertz CT molecular complexity index is 509. The van der Waals surface area contributed by atoms with Crippen LogP contribution in [0.25, 0.3) is 10.7 Å². The zero-order valence-corrected chi connectivity index (χ0v) is 12.9. The van der Waals surface area contributed by atoms with Crippen LogP contribution in [0.1, 0.15) is 12.1 Å². The van der Waals surface area contributed by atoms with E-state index in [2.05, 4.69) is 20.6 Å². The number of pyridine rings is 1. The van der Waals surface area contributed by atoms with E-state index in [1.807, 2.05) is 24.4 Å². The minimum absolute atomic E-state index is 0. The molecular formula is C14H19ClN4S. The average molecular weight is 311 g/mol. The minimum atomic E-state index is 0. The summed E-state index contributed by atoms with van der Waals surface area (Å²) in [5, 5.41) is 6.60. The van der Waals surface area contributed by atoms with Gasteiger partial charge in [0.15, 0.2) is 0 Å². The SMILES string of the molecule is Cl.c1ccc(-c2nc(CN3CCCNCC3)cs2)nc1. The van der Waals surface area contributed by atoms with Crippen LogP contribution in [0.4, 0.5) is 0 Å². The molecule has 0 aromatic carbocycles. The largest absolute Gasteiger partial charge is 0.315 e. The molecule has 0 spiro atoms. The molecular weight excluding hydrogens is 292 g/mol. The number of nitrogens with one attached hydrogen (secondary N) is 1. The molecule has 0 saturated carbocycles. The Morgan fingerprint density at radius 1 is 1.25 bits per heavy atom. The molecule has 1 aliphatic rings. The van der Waals surface area contributed by atoms with Crippen LogP contribution in [0.2, 0.25) is 0 Å². The molecule has 0 atom stereocenters. The van der Waals surface area contributed by atoms with Crippen molar-refractivity contribution in [2.45, 2.75) is 13.0 Å². The average Bonchev–Trinajstić information content (AvgIpc) is 2.76. The van der Waals surface area contributed by atoms with Gasteiger partial charge in [0.1, 0.15) is 5.01 Å². The third-order valence-electron chi connectivity index (χ3n) is 3.25. The highest BCUT2D eigenvalue weighted by molar-refractivity contribution is 7.13. The molecule has 1 aliphatic heterocycles. The summed E-state index contributed by atoms with van der Waals surface area (Å²) in [6.45, 7) is 5.43. The number of aromatic nitrogens is 2. The molecule has 108 valence electrons. The van der Waals surface area contributed by atoms with E-state index in [1.54, 1.807) is 11.3 Å². The van der Waals surface area contributed by atoms with Crippen molar-refractivity contribution in [1.29, 1.82) is 0 Å². The fraction of sp³-hybridized carbons (Fsp3) is 0.429. The summed E-state index contributed by atoms with van der Waals surface area (Å²) in [5.41, 5.74) is 2.13. The molecule has 1 fully saturated rings. The van der Waals surface area contributed by atoms with Gasteiger partial charge in [-0.25, -0.2) is 4.98 Å². The van der Waals surface area contributed by atoms with Gasteiger partial charge < -0.3 is 5.32 Å². The number of hydrogen-bond acceptors (Lipinski definition) is 5. The second-order valence-corrected chi connectivity index (χ2v) is 5.60. The predicted octanol–water partition coefficient (Wildman–Crippen LogP) is 2.42. The van der Waals surface area contributed by atoms with E-state index < -0.39 is 0 Å². The van der Waals surface area contributed by atoms with Crippen molar-refractivity contribution in [1.82, 2.24) is 20.2 Å². The molecule has 20 heavy (non-hydrogen) atoms. The maximum Gasteiger partial charge on any atom is 0.142 e. The van der Waals surface area contributed by atoms with Crippen LogP contribution in [0, 0.1) is 0 Å². The second-order valence-electron chi connectivity index (χ2n) is 4.74. The van der Waals surface area contributed by atoms with Crippen LogP contribution in [0.3, 0.4) is 0 Å². The number of halogens is 1. The zero-order chi connectivity index (χ0) is 12.9.